The van der Waals surface area contributed by atoms with Gasteiger partial charge in [0.25, 0.3) is 0 Å². The molecule has 0 saturated heterocycles. The van der Waals surface area contributed by atoms with Crippen molar-refractivity contribution in [1.29, 1.82) is 0 Å². The Bertz CT molecular complexity index is 684. The van der Waals surface area contributed by atoms with Crippen LogP contribution < -0.4 is 4.74 Å². The Morgan fingerprint density at radius 3 is 2.33 bits per heavy atom. The molecule has 0 fully saturated rings. The van der Waals surface area contributed by atoms with Crippen LogP contribution in [0.3, 0.4) is 0 Å². The molecule has 0 bridgehead atoms. The van der Waals surface area contributed by atoms with Crippen LogP contribution in [-0.2, 0) is 9.59 Å². The van der Waals surface area contributed by atoms with Gasteiger partial charge in [0.15, 0.2) is 5.78 Å². The Labute approximate surface area is 124 Å². The van der Waals surface area contributed by atoms with Crippen molar-refractivity contribution in [1.82, 2.24) is 0 Å². The third-order valence-corrected chi connectivity index (χ3v) is 3.99. The van der Waals surface area contributed by atoms with Gasteiger partial charge < -0.3 is 9.84 Å². The average Bonchev–Trinajstić information content (AvgIpc) is 2.97. The Morgan fingerprint density at radius 1 is 1.10 bits per heavy atom. The van der Waals surface area contributed by atoms with Gasteiger partial charge in [-0.15, -0.1) is 11.3 Å². The fraction of sp³-hybridized carbons (Fsp3) is 0.133. The molecule has 21 heavy (non-hydrogen) atoms. The Kier molecular flexibility index (Phi) is 4.49. The number of thiophene rings is 1. The number of aliphatic carboxylic acids is 1. The fourth-order valence-electron chi connectivity index (χ4n) is 1.71. The zero-order chi connectivity index (χ0) is 15.4. The Balaban J connectivity index is 2.15. The quantitative estimate of drug-likeness (QED) is 0.504. The summed E-state index contributed by atoms with van der Waals surface area (Å²) >= 11 is 1.23. The van der Waals surface area contributed by atoms with Crippen LogP contribution in [-0.4, -0.2) is 29.8 Å². The number of Topliss-reactive ketones (excluding diaryl/α,β-unsaturated/α-hetero) is 2. The van der Waals surface area contributed by atoms with Crippen LogP contribution in [0.1, 0.15) is 16.1 Å². The summed E-state index contributed by atoms with van der Waals surface area (Å²) < 4.78 is 5.07. The van der Waals surface area contributed by atoms with E-state index in [2.05, 4.69) is 0 Å². The van der Waals surface area contributed by atoms with E-state index in [-0.39, 0.29) is 0 Å². The minimum Gasteiger partial charge on any atom is -0.497 e. The van der Waals surface area contributed by atoms with Gasteiger partial charge in [-0.05, 0) is 42.0 Å². The van der Waals surface area contributed by atoms with Crippen LogP contribution in [0.15, 0.2) is 36.4 Å². The molecule has 6 heteroatoms. The third kappa shape index (κ3) is 3.55. The number of carboxylic acid groups (broad SMARTS) is 1. The van der Waals surface area contributed by atoms with E-state index < -0.39 is 24.0 Å². The van der Waals surface area contributed by atoms with Crippen molar-refractivity contribution in [2.45, 2.75) is 6.42 Å². The summed E-state index contributed by atoms with van der Waals surface area (Å²) in [6, 6.07) is 10.7. The normalized spacial score (nSPS) is 10.1. The van der Waals surface area contributed by atoms with Gasteiger partial charge in [0.1, 0.15) is 5.75 Å². The summed E-state index contributed by atoms with van der Waals surface area (Å²) in [5, 5.41) is 8.50. The zero-order valence-corrected chi connectivity index (χ0v) is 12.0. The van der Waals surface area contributed by atoms with Crippen molar-refractivity contribution < 1.29 is 24.2 Å². The number of carbonyl (C=O) groups excluding carboxylic acids is 2. The molecule has 0 radical (unpaired) electrons. The van der Waals surface area contributed by atoms with E-state index in [0.29, 0.717) is 4.88 Å². The molecule has 0 amide bonds. The summed E-state index contributed by atoms with van der Waals surface area (Å²) in [6.45, 7) is 0. The summed E-state index contributed by atoms with van der Waals surface area (Å²) in [5.41, 5.74) is 0.921. The number of benzene rings is 1. The highest BCUT2D eigenvalue weighted by Gasteiger charge is 2.19. The predicted octanol–water partition coefficient (Wildman–Crippen LogP) is 2.65. The van der Waals surface area contributed by atoms with E-state index in [9.17, 15) is 14.4 Å². The van der Waals surface area contributed by atoms with E-state index >= 15 is 0 Å². The maximum Gasteiger partial charge on any atom is 0.372 e. The van der Waals surface area contributed by atoms with Gasteiger partial charge in [-0.25, -0.2) is 4.79 Å². The van der Waals surface area contributed by atoms with Crippen molar-refractivity contribution in [3.63, 3.8) is 0 Å². The summed E-state index contributed by atoms with van der Waals surface area (Å²) in [5.74, 6) is -2.43. The highest BCUT2D eigenvalue weighted by molar-refractivity contribution is 7.17. The molecule has 0 aliphatic heterocycles. The lowest BCUT2D eigenvalue weighted by atomic mass is 10.1. The first-order chi connectivity index (χ1) is 10.0. The largest absolute Gasteiger partial charge is 0.497 e. The zero-order valence-electron chi connectivity index (χ0n) is 11.2. The van der Waals surface area contributed by atoms with Crippen molar-refractivity contribution >= 4 is 28.9 Å². The SMILES string of the molecule is COc1ccc(-c2ccc(C(=O)CC(=O)C(=O)O)s2)cc1. The highest BCUT2D eigenvalue weighted by atomic mass is 32.1. The third-order valence-electron chi connectivity index (χ3n) is 2.82. The Hall–Kier alpha value is -2.47. The van der Waals surface area contributed by atoms with Gasteiger partial charge in [0, 0.05) is 4.88 Å². The molecule has 0 aliphatic carbocycles. The molecule has 108 valence electrons. The van der Waals surface area contributed by atoms with Gasteiger partial charge in [0.05, 0.1) is 18.4 Å². The lowest BCUT2D eigenvalue weighted by Crippen LogP contribution is -2.16. The van der Waals surface area contributed by atoms with E-state index in [1.165, 1.54) is 11.3 Å². The lowest BCUT2D eigenvalue weighted by Gasteiger charge is -2.00. The molecular formula is C15H12O5S. The van der Waals surface area contributed by atoms with E-state index in [1.54, 1.807) is 19.2 Å². The molecule has 2 aromatic rings. The Morgan fingerprint density at radius 2 is 1.76 bits per heavy atom. The van der Waals surface area contributed by atoms with Gasteiger partial charge in [-0.1, -0.05) is 0 Å². The molecule has 0 spiro atoms. The maximum absolute atomic E-state index is 11.8. The second-order valence-electron chi connectivity index (χ2n) is 4.22. The van der Waals surface area contributed by atoms with Gasteiger partial charge >= 0.3 is 5.97 Å². The number of hydrogen-bond acceptors (Lipinski definition) is 5. The number of methoxy groups -OCH3 is 1. The van der Waals surface area contributed by atoms with Crippen LogP contribution >= 0.6 is 11.3 Å². The van der Waals surface area contributed by atoms with E-state index in [1.807, 2.05) is 24.3 Å². The van der Waals surface area contributed by atoms with Crippen LogP contribution in [0.2, 0.25) is 0 Å². The predicted molar refractivity (Wildman–Crippen MR) is 77.9 cm³/mol. The van der Waals surface area contributed by atoms with Crippen molar-refractivity contribution in [2.75, 3.05) is 7.11 Å². The first kappa shape index (κ1) is 14.9. The number of ether oxygens (including phenoxy) is 1. The number of hydrogen-bond donors (Lipinski definition) is 1. The summed E-state index contributed by atoms with van der Waals surface area (Å²) in [4.78, 5) is 34.5. The standard InChI is InChI=1S/C15H12O5S/c1-20-10-4-2-9(3-5-10)13-6-7-14(21-13)11(16)8-12(17)15(18)19/h2-7H,8H2,1H3,(H,18,19). The van der Waals surface area contributed by atoms with Crippen molar-refractivity contribution in [3.05, 3.63) is 41.3 Å². The fourth-order valence-corrected chi connectivity index (χ4v) is 2.66. The van der Waals surface area contributed by atoms with Crippen molar-refractivity contribution in [2.24, 2.45) is 0 Å². The number of ketones is 2. The molecule has 0 unspecified atom stereocenters. The van der Waals surface area contributed by atoms with Crippen LogP contribution in [0.4, 0.5) is 0 Å². The average molecular weight is 304 g/mol. The molecule has 0 saturated carbocycles. The second kappa shape index (κ2) is 6.32. The van der Waals surface area contributed by atoms with E-state index in [0.717, 1.165) is 16.2 Å². The highest BCUT2D eigenvalue weighted by Crippen LogP contribution is 2.30. The molecule has 5 nitrogen and oxygen atoms in total. The van der Waals surface area contributed by atoms with Gasteiger partial charge in [0.2, 0.25) is 5.78 Å². The van der Waals surface area contributed by atoms with Crippen molar-refractivity contribution in [3.8, 4) is 16.2 Å². The number of rotatable bonds is 6. The molecule has 1 aromatic heterocycles. The molecule has 0 aliphatic rings. The summed E-state index contributed by atoms with van der Waals surface area (Å²) in [7, 11) is 1.58. The topological polar surface area (TPSA) is 80.7 Å². The molecule has 1 aromatic carbocycles. The minimum absolute atomic E-state index is 0.371. The molecule has 1 N–H and O–H groups in total. The first-order valence-electron chi connectivity index (χ1n) is 6.05. The molecular weight excluding hydrogens is 292 g/mol. The number of carbonyl (C=O) groups is 3. The van der Waals surface area contributed by atoms with Gasteiger partial charge in [-0.3, -0.25) is 9.59 Å². The maximum atomic E-state index is 11.8. The van der Waals surface area contributed by atoms with Crippen LogP contribution in [0.25, 0.3) is 10.4 Å². The second-order valence-corrected chi connectivity index (χ2v) is 5.30. The van der Waals surface area contributed by atoms with Crippen LogP contribution in [0.5, 0.6) is 5.75 Å². The molecule has 2 rings (SSSR count). The minimum atomic E-state index is -1.59. The lowest BCUT2D eigenvalue weighted by molar-refractivity contribution is -0.148. The number of carboxylic acids is 1. The molecule has 0 atom stereocenters. The first-order valence-corrected chi connectivity index (χ1v) is 6.86. The summed E-state index contributed by atoms with van der Waals surface area (Å²) in [6.07, 6.45) is -0.613. The smallest absolute Gasteiger partial charge is 0.372 e. The van der Waals surface area contributed by atoms with Gasteiger partial charge in [-0.2, -0.15) is 0 Å². The van der Waals surface area contributed by atoms with E-state index in [4.69, 9.17) is 9.84 Å². The van der Waals surface area contributed by atoms with Crippen LogP contribution in [0, 0.1) is 0 Å². The monoisotopic (exact) mass is 304 g/mol. The molecule has 1 heterocycles.